The Morgan fingerprint density at radius 1 is 0.671 bits per heavy atom. The minimum Gasteiger partial charge on any atom is -0.488 e. The molecule has 1 saturated heterocycles. The molecule has 5 heterocycles. The van der Waals surface area contributed by atoms with Gasteiger partial charge in [-0.3, -0.25) is 23.8 Å². The molecule has 0 aliphatic carbocycles. The molecule has 15 nitrogen and oxygen atoms in total. The number of carbonyl (C=O) groups is 1. The third kappa shape index (κ3) is 12.1. The maximum absolute atomic E-state index is 13.0. The summed E-state index contributed by atoms with van der Waals surface area (Å²) < 4.78 is 110. The number of H-pyrrole nitrogens is 2. The summed E-state index contributed by atoms with van der Waals surface area (Å²) in [5.74, 6) is 0.428. The van der Waals surface area contributed by atoms with Crippen LogP contribution in [0.15, 0.2) is 104 Å². The second-order valence-corrected chi connectivity index (χ2v) is 17.7. The fourth-order valence-electron chi connectivity index (χ4n) is 7.01. The molecule has 1 unspecified atom stereocenters. The molecule has 23 heteroatoms. The SMILES string of the molecule is Cc1cc(OCc2sc(-c3ccc(C(F)(F)F)cc3)nc2C=O)ccc1-c1noc(=O)[nH]1.Cc1cc(OCc2sc(-c3ccc(C(F)(F)F)cc3)nc2COC2CCCCO2)ccc1-c1noc(=O)[nH]1. The molecule has 1 aliphatic heterocycles. The molecule has 1 aliphatic rings. The van der Waals surface area contributed by atoms with Crippen LogP contribution < -0.4 is 21.0 Å². The summed E-state index contributed by atoms with van der Waals surface area (Å²) in [6.07, 6.45) is -5.75. The van der Waals surface area contributed by atoms with Crippen LogP contribution in [0.4, 0.5) is 26.3 Å². The summed E-state index contributed by atoms with van der Waals surface area (Å²) in [5.41, 5.74) is 3.35. The predicted molar refractivity (Wildman–Crippen MR) is 242 cm³/mol. The van der Waals surface area contributed by atoms with Crippen LogP contribution in [-0.4, -0.2) is 49.4 Å². The zero-order chi connectivity index (χ0) is 49.6. The van der Waals surface area contributed by atoms with Gasteiger partial charge in [0.15, 0.2) is 24.2 Å². The second-order valence-electron chi connectivity index (χ2n) is 15.5. The summed E-state index contributed by atoms with van der Waals surface area (Å²) in [4.78, 5) is 49.0. The molecule has 4 aromatic carbocycles. The topological polar surface area (TPSA) is 198 Å². The van der Waals surface area contributed by atoms with Gasteiger partial charge >= 0.3 is 23.9 Å². The average molecular weight is 1010 g/mol. The first kappa shape index (κ1) is 49.2. The Bertz CT molecular complexity index is 3190. The van der Waals surface area contributed by atoms with Crippen molar-refractivity contribution >= 4 is 29.0 Å². The number of hydrogen-bond acceptors (Lipinski definition) is 15. The number of rotatable bonds is 14. The monoisotopic (exact) mass is 1010 g/mol. The lowest BCUT2D eigenvalue weighted by atomic mass is 10.1. The number of carbonyl (C=O) groups excluding carboxylic acids is 1. The molecule has 9 rings (SSSR count). The van der Waals surface area contributed by atoms with E-state index in [-0.39, 0.29) is 31.8 Å². The van der Waals surface area contributed by atoms with E-state index in [1.807, 2.05) is 13.0 Å². The standard InChI is InChI=1S/C26H24F3N3O5S.C21H14F3N3O4S/c1-15-12-18(9-10-19(15)23-31-25(33)37-32-23)35-14-21-20(13-36-22-4-2-3-11-34-22)30-24(38-21)16-5-7-17(8-6-16)26(27,28)29;1-11-8-14(6-7-15(11)18-26-20(29)31-27-18)30-10-17-16(9-28)25-19(32-17)12-2-4-13(5-3-12)21(22,23)24/h5-10,12,22H,2-4,11,13-14H2,1H3,(H,31,32,33);2-9H,10H2,1H3,(H,26,27,29). The van der Waals surface area contributed by atoms with E-state index in [4.69, 9.17) is 18.9 Å². The number of alkyl halides is 6. The number of aromatic amines is 2. The van der Waals surface area contributed by atoms with E-state index in [0.717, 1.165) is 59.5 Å². The second kappa shape index (κ2) is 21.2. The molecule has 0 saturated carbocycles. The zero-order valence-corrected chi connectivity index (χ0v) is 38.4. The van der Waals surface area contributed by atoms with Crippen LogP contribution in [0.5, 0.6) is 11.5 Å². The highest BCUT2D eigenvalue weighted by molar-refractivity contribution is 7.15. The maximum Gasteiger partial charge on any atom is 0.439 e. The number of ether oxygens (including phenoxy) is 4. The van der Waals surface area contributed by atoms with Crippen LogP contribution in [0.2, 0.25) is 0 Å². The van der Waals surface area contributed by atoms with Gasteiger partial charge in [-0.15, -0.1) is 22.7 Å². The van der Waals surface area contributed by atoms with Crippen molar-refractivity contribution in [2.45, 2.75) is 71.6 Å². The largest absolute Gasteiger partial charge is 0.488 e. The van der Waals surface area contributed by atoms with Crippen LogP contribution in [0.25, 0.3) is 43.9 Å². The highest BCUT2D eigenvalue weighted by Gasteiger charge is 2.31. The van der Waals surface area contributed by atoms with Crippen LogP contribution in [-0.2, 0) is 41.6 Å². The first-order chi connectivity index (χ1) is 33.5. The number of nitrogens with one attached hydrogen (secondary N) is 2. The van der Waals surface area contributed by atoms with E-state index in [1.54, 1.807) is 37.3 Å². The van der Waals surface area contributed by atoms with Gasteiger partial charge in [0.25, 0.3) is 0 Å². The number of nitrogens with zero attached hydrogens (tertiary/aromatic N) is 4. The van der Waals surface area contributed by atoms with Crippen LogP contribution in [0, 0.1) is 13.8 Å². The molecule has 70 heavy (non-hydrogen) atoms. The van der Waals surface area contributed by atoms with Crippen molar-refractivity contribution in [2.24, 2.45) is 0 Å². The minimum atomic E-state index is -4.43. The smallest absolute Gasteiger partial charge is 0.439 e. The van der Waals surface area contributed by atoms with Gasteiger partial charge in [-0.1, -0.05) is 34.6 Å². The fraction of sp³-hybridized carbons (Fsp3) is 0.255. The molecular weight excluding hydrogens is 971 g/mol. The lowest BCUT2D eigenvalue weighted by Gasteiger charge is -2.22. The molecule has 1 atom stereocenters. The lowest BCUT2D eigenvalue weighted by molar-refractivity contribution is -0.169. The van der Waals surface area contributed by atoms with Crippen LogP contribution in [0.1, 0.15) is 67.5 Å². The number of halogens is 6. The number of aromatic nitrogens is 6. The van der Waals surface area contributed by atoms with Crippen molar-refractivity contribution in [3.8, 4) is 55.4 Å². The Kier molecular flexibility index (Phi) is 14.9. The molecule has 0 spiro atoms. The minimum absolute atomic E-state index is 0.0476. The van der Waals surface area contributed by atoms with Gasteiger partial charge in [0.2, 0.25) is 0 Å². The van der Waals surface area contributed by atoms with Crippen molar-refractivity contribution in [1.82, 2.24) is 30.2 Å². The maximum atomic E-state index is 13.0. The normalized spacial score (nSPS) is 14.0. The average Bonchev–Trinajstić information content (AvgIpc) is 4.17. The summed E-state index contributed by atoms with van der Waals surface area (Å²) in [6.45, 7) is 4.73. The molecule has 2 N–H and O–H groups in total. The molecule has 1 fully saturated rings. The van der Waals surface area contributed by atoms with Crippen LogP contribution >= 0.6 is 22.7 Å². The van der Waals surface area contributed by atoms with Gasteiger partial charge in [-0.25, -0.2) is 19.6 Å². The highest BCUT2D eigenvalue weighted by Crippen LogP contribution is 2.36. The van der Waals surface area contributed by atoms with Gasteiger partial charge in [0, 0.05) is 28.9 Å². The first-order valence-electron chi connectivity index (χ1n) is 21.1. The lowest BCUT2D eigenvalue weighted by Crippen LogP contribution is -2.22. The molecule has 364 valence electrons. The Balaban J connectivity index is 0.000000191. The van der Waals surface area contributed by atoms with Gasteiger partial charge in [0.1, 0.15) is 40.4 Å². The first-order valence-corrected chi connectivity index (χ1v) is 22.8. The summed E-state index contributed by atoms with van der Waals surface area (Å²) in [6, 6.07) is 19.9. The van der Waals surface area contributed by atoms with Gasteiger partial charge in [-0.2, -0.15) is 26.3 Å². The Morgan fingerprint density at radius 2 is 1.17 bits per heavy atom. The quantitative estimate of drug-likeness (QED) is 0.0771. The van der Waals surface area contributed by atoms with E-state index in [1.165, 1.54) is 46.9 Å². The van der Waals surface area contributed by atoms with Crippen molar-refractivity contribution in [2.75, 3.05) is 6.61 Å². The third-order valence-corrected chi connectivity index (χ3v) is 12.8. The third-order valence-electron chi connectivity index (χ3n) is 10.6. The molecule has 4 aromatic heterocycles. The Hall–Kier alpha value is -7.21. The number of aldehydes is 1. The Morgan fingerprint density at radius 3 is 1.61 bits per heavy atom. The van der Waals surface area contributed by atoms with E-state index >= 15 is 0 Å². The molecule has 0 radical (unpaired) electrons. The summed E-state index contributed by atoms with van der Waals surface area (Å²) in [7, 11) is 0. The van der Waals surface area contributed by atoms with Crippen molar-refractivity contribution < 1.29 is 59.1 Å². The van der Waals surface area contributed by atoms with Crippen molar-refractivity contribution in [3.05, 3.63) is 149 Å². The van der Waals surface area contributed by atoms with E-state index in [9.17, 15) is 40.7 Å². The van der Waals surface area contributed by atoms with E-state index in [2.05, 4.69) is 39.3 Å². The number of benzene rings is 4. The Labute approximate surface area is 400 Å². The molecular formula is C47H38F6N6O9S2. The van der Waals surface area contributed by atoms with E-state index < -0.39 is 35.0 Å². The molecule has 0 bridgehead atoms. The van der Waals surface area contributed by atoms with Crippen molar-refractivity contribution in [1.29, 1.82) is 0 Å². The zero-order valence-electron chi connectivity index (χ0n) is 36.7. The van der Waals surface area contributed by atoms with Gasteiger partial charge in [0.05, 0.1) is 33.2 Å². The summed E-state index contributed by atoms with van der Waals surface area (Å²) in [5, 5.41) is 8.35. The van der Waals surface area contributed by atoms with Gasteiger partial charge in [-0.05, 0) is 105 Å². The van der Waals surface area contributed by atoms with Crippen LogP contribution in [0.3, 0.4) is 0 Å². The van der Waals surface area contributed by atoms with E-state index in [0.29, 0.717) is 78.9 Å². The summed E-state index contributed by atoms with van der Waals surface area (Å²) >= 11 is 2.50. The number of thiazole rings is 2. The molecule has 8 aromatic rings. The molecule has 0 amide bonds. The van der Waals surface area contributed by atoms with Gasteiger partial charge < -0.3 is 18.9 Å². The fourth-order valence-corrected chi connectivity index (χ4v) is 8.94. The van der Waals surface area contributed by atoms with Crippen molar-refractivity contribution in [3.63, 3.8) is 0 Å². The predicted octanol–water partition coefficient (Wildman–Crippen LogP) is 11.0. The highest BCUT2D eigenvalue weighted by atomic mass is 32.1. The number of hydrogen-bond donors (Lipinski definition) is 2. The number of aryl methyl sites for hydroxylation is 2.